The summed E-state index contributed by atoms with van der Waals surface area (Å²) in [4.78, 5) is 29.6. The second-order valence-electron chi connectivity index (χ2n) is 10.7. The van der Waals surface area contributed by atoms with Crippen molar-refractivity contribution < 1.29 is 19.1 Å². The third kappa shape index (κ3) is 5.47. The molecule has 2 aliphatic carbocycles. The van der Waals surface area contributed by atoms with Gasteiger partial charge in [-0.15, -0.1) is 0 Å². The Morgan fingerprint density at radius 1 is 0.854 bits per heavy atom. The quantitative estimate of drug-likeness (QED) is 0.262. The molecule has 0 amide bonds. The molecule has 0 N–H and O–H groups in total. The molecule has 7 heteroatoms. The summed E-state index contributed by atoms with van der Waals surface area (Å²) in [5.41, 5.74) is 6.45. The zero-order valence-corrected chi connectivity index (χ0v) is 25.3. The minimum Gasteiger partial charge on any atom is -0.493 e. The Labute approximate surface area is 253 Å². The fourth-order valence-electron chi connectivity index (χ4n) is 6.29. The summed E-state index contributed by atoms with van der Waals surface area (Å²) in [6.45, 7) is 0.959. The van der Waals surface area contributed by atoms with Gasteiger partial charge in [0, 0.05) is 52.3 Å². The van der Waals surface area contributed by atoms with Crippen molar-refractivity contribution in [1.29, 1.82) is 0 Å². The van der Waals surface area contributed by atoms with Gasteiger partial charge in [0.1, 0.15) is 6.61 Å². The summed E-state index contributed by atoms with van der Waals surface area (Å²) in [6, 6.07) is 21.9. The van der Waals surface area contributed by atoms with Gasteiger partial charge < -0.3 is 14.4 Å². The molecule has 3 aliphatic rings. The SMILES string of the molecule is COc1cc(C2C3=C(CCCC3=O)N(Cc3ccccc3)C3=C2C(=O)CCC3)cc(Cl)c1OCc1ccc(Br)cc1. The van der Waals surface area contributed by atoms with Crippen molar-refractivity contribution in [3.8, 4) is 11.5 Å². The molecule has 6 rings (SSSR count). The van der Waals surface area contributed by atoms with Crippen LogP contribution in [0.4, 0.5) is 0 Å². The second-order valence-corrected chi connectivity index (χ2v) is 12.1. The van der Waals surface area contributed by atoms with Crippen LogP contribution in [0, 0.1) is 0 Å². The standard InChI is InChI=1S/C34H31BrClNO4/c1-40-30-18-23(17-25(36)34(30)41-20-22-13-15-24(35)16-14-22)31-32-26(9-5-11-28(32)38)37(19-21-7-3-2-4-8-21)27-10-6-12-29(39)33(27)31/h2-4,7-8,13-18,31H,5-6,9-12,19-20H2,1H3. The lowest BCUT2D eigenvalue weighted by atomic mass is 9.71. The average molecular weight is 633 g/mol. The number of ether oxygens (including phenoxy) is 2. The maximum absolute atomic E-state index is 13.7. The predicted octanol–water partition coefficient (Wildman–Crippen LogP) is 8.30. The molecule has 41 heavy (non-hydrogen) atoms. The largest absolute Gasteiger partial charge is 0.493 e. The molecule has 3 aromatic rings. The maximum Gasteiger partial charge on any atom is 0.180 e. The third-order valence-corrected chi connectivity index (χ3v) is 8.96. The lowest BCUT2D eigenvalue weighted by Crippen LogP contribution is -2.38. The highest BCUT2D eigenvalue weighted by atomic mass is 79.9. The number of ketones is 2. The second kappa shape index (κ2) is 11.9. The molecule has 0 saturated heterocycles. The molecule has 1 heterocycles. The van der Waals surface area contributed by atoms with Crippen molar-refractivity contribution in [1.82, 2.24) is 4.90 Å². The van der Waals surface area contributed by atoms with Gasteiger partial charge in [-0.2, -0.15) is 0 Å². The van der Waals surface area contributed by atoms with E-state index in [0.717, 1.165) is 69.4 Å². The van der Waals surface area contributed by atoms with Gasteiger partial charge in [-0.1, -0.05) is 70.0 Å². The molecule has 1 aliphatic heterocycles. The first kappa shape index (κ1) is 27.8. The van der Waals surface area contributed by atoms with Crippen LogP contribution in [0.15, 0.2) is 93.7 Å². The number of halogens is 2. The van der Waals surface area contributed by atoms with E-state index in [2.05, 4.69) is 33.0 Å². The van der Waals surface area contributed by atoms with Crippen LogP contribution >= 0.6 is 27.5 Å². The first-order valence-electron chi connectivity index (χ1n) is 14.0. The number of carbonyl (C=O) groups excluding carboxylic acids is 2. The minimum absolute atomic E-state index is 0.102. The zero-order chi connectivity index (χ0) is 28.5. The number of nitrogens with zero attached hydrogens (tertiary/aromatic N) is 1. The fourth-order valence-corrected chi connectivity index (χ4v) is 6.83. The van der Waals surface area contributed by atoms with Crippen LogP contribution in [0.2, 0.25) is 5.02 Å². The van der Waals surface area contributed by atoms with E-state index in [-0.39, 0.29) is 11.6 Å². The molecular formula is C34H31BrClNO4. The van der Waals surface area contributed by atoms with E-state index in [1.807, 2.05) is 54.6 Å². The van der Waals surface area contributed by atoms with E-state index in [4.69, 9.17) is 21.1 Å². The Balaban J connectivity index is 1.44. The summed E-state index contributed by atoms with van der Waals surface area (Å²) >= 11 is 10.3. The molecule has 0 aromatic heterocycles. The van der Waals surface area contributed by atoms with Crippen LogP contribution in [0.1, 0.15) is 61.1 Å². The van der Waals surface area contributed by atoms with Gasteiger partial charge in [-0.25, -0.2) is 0 Å². The molecule has 0 spiro atoms. The Bertz CT molecular complexity index is 1520. The fraction of sp³-hybridized carbons (Fsp3) is 0.294. The minimum atomic E-state index is -0.473. The molecule has 210 valence electrons. The molecule has 0 radical (unpaired) electrons. The topological polar surface area (TPSA) is 55.8 Å². The van der Waals surface area contributed by atoms with Crippen molar-refractivity contribution >= 4 is 39.1 Å². The Hall–Kier alpha value is -3.35. The molecule has 0 atom stereocenters. The lowest BCUT2D eigenvalue weighted by Gasteiger charge is -2.44. The van der Waals surface area contributed by atoms with Crippen LogP contribution < -0.4 is 9.47 Å². The van der Waals surface area contributed by atoms with Gasteiger partial charge in [0.05, 0.1) is 12.1 Å². The first-order chi connectivity index (χ1) is 19.9. The van der Waals surface area contributed by atoms with Crippen molar-refractivity contribution in [3.05, 3.63) is 115 Å². The average Bonchev–Trinajstić information content (AvgIpc) is 2.98. The number of Topliss-reactive ketones (excluding diaryl/α,β-unsaturated/α-hetero) is 2. The van der Waals surface area contributed by atoms with Crippen LogP contribution in [-0.4, -0.2) is 23.6 Å². The lowest BCUT2D eigenvalue weighted by molar-refractivity contribution is -0.117. The zero-order valence-electron chi connectivity index (χ0n) is 22.9. The smallest absolute Gasteiger partial charge is 0.180 e. The summed E-state index contributed by atoms with van der Waals surface area (Å²) in [5.74, 6) is 0.650. The number of allylic oxidation sites excluding steroid dienone is 4. The van der Waals surface area contributed by atoms with Gasteiger partial charge >= 0.3 is 0 Å². The van der Waals surface area contributed by atoms with Gasteiger partial charge in [-0.3, -0.25) is 9.59 Å². The summed E-state index contributed by atoms with van der Waals surface area (Å²) in [5, 5.41) is 0.388. The highest BCUT2D eigenvalue weighted by molar-refractivity contribution is 9.10. The van der Waals surface area contributed by atoms with Crippen molar-refractivity contribution in [3.63, 3.8) is 0 Å². The highest BCUT2D eigenvalue weighted by Crippen LogP contribution is 2.51. The summed E-state index contributed by atoms with van der Waals surface area (Å²) in [7, 11) is 1.58. The molecule has 3 aromatic carbocycles. The van der Waals surface area contributed by atoms with Crippen LogP contribution in [0.25, 0.3) is 0 Å². The molecule has 5 nitrogen and oxygen atoms in total. The van der Waals surface area contributed by atoms with Crippen LogP contribution in [-0.2, 0) is 22.7 Å². The Morgan fingerprint density at radius 3 is 2.10 bits per heavy atom. The van der Waals surface area contributed by atoms with Crippen molar-refractivity contribution in [2.45, 2.75) is 57.6 Å². The summed E-state index contributed by atoms with van der Waals surface area (Å²) in [6.07, 6.45) is 4.16. The third-order valence-electron chi connectivity index (χ3n) is 8.15. The molecule has 0 saturated carbocycles. The molecular weight excluding hydrogens is 602 g/mol. The number of hydrogen-bond acceptors (Lipinski definition) is 5. The molecule has 0 unspecified atom stereocenters. The monoisotopic (exact) mass is 631 g/mol. The van der Waals surface area contributed by atoms with Crippen molar-refractivity contribution in [2.24, 2.45) is 0 Å². The van der Waals surface area contributed by atoms with Gasteiger partial charge in [0.15, 0.2) is 23.1 Å². The Morgan fingerprint density at radius 2 is 1.49 bits per heavy atom. The van der Waals surface area contributed by atoms with Gasteiger partial charge in [0.2, 0.25) is 0 Å². The van der Waals surface area contributed by atoms with Gasteiger partial charge in [-0.05, 0) is 66.6 Å². The number of benzene rings is 3. The van der Waals surface area contributed by atoms with E-state index in [1.165, 1.54) is 0 Å². The van der Waals surface area contributed by atoms with E-state index in [1.54, 1.807) is 7.11 Å². The molecule has 0 bridgehead atoms. The van der Waals surface area contributed by atoms with E-state index in [0.29, 0.717) is 42.5 Å². The predicted molar refractivity (Wildman–Crippen MR) is 163 cm³/mol. The van der Waals surface area contributed by atoms with Gasteiger partial charge in [0.25, 0.3) is 0 Å². The Kier molecular flexibility index (Phi) is 8.05. The van der Waals surface area contributed by atoms with E-state index < -0.39 is 5.92 Å². The normalized spacial score (nSPS) is 17.5. The number of hydrogen-bond donors (Lipinski definition) is 0. The highest BCUT2D eigenvalue weighted by Gasteiger charge is 2.43. The molecule has 0 fully saturated rings. The van der Waals surface area contributed by atoms with Crippen molar-refractivity contribution in [2.75, 3.05) is 7.11 Å². The van der Waals surface area contributed by atoms with Crippen LogP contribution in [0.5, 0.6) is 11.5 Å². The van der Waals surface area contributed by atoms with Crippen LogP contribution in [0.3, 0.4) is 0 Å². The summed E-state index contributed by atoms with van der Waals surface area (Å²) < 4.78 is 12.9. The maximum atomic E-state index is 13.7. The number of carbonyl (C=O) groups is 2. The van der Waals surface area contributed by atoms with E-state index >= 15 is 0 Å². The van der Waals surface area contributed by atoms with E-state index in [9.17, 15) is 9.59 Å². The number of methoxy groups -OCH3 is 1. The first-order valence-corrected chi connectivity index (χ1v) is 15.2. The number of rotatable bonds is 7.